The monoisotopic (exact) mass is 888 g/mol. The third-order valence-electron chi connectivity index (χ3n) is 13.0. The minimum atomic E-state index is -0.595. The smallest absolute Gasteiger partial charge is 0.407 e. The second-order valence-electron chi connectivity index (χ2n) is 21.2. The van der Waals surface area contributed by atoms with Gasteiger partial charge in [-0.3, -0.25) is 10.1 Å². The van der Waals surface area contributed by atoms with Crippen LogP contribution in [0.3, 0.4) is 0 Å². The molecule has 1 aromatic rings. The van der Waals surface area contributed by atoms with Gasteiger partial charge in [-0.05, 0) is 85.9 Å². The zero-order valence-electron chi connectivity index (χ0n) is 40.7. The van der Waals surface area contributed by atoms with Crippen molar-refractivity contribution in [2.24, 2.45) is 27.6 Å². The minimum Gasteiger partial charge on any atom is -0.453 e. The number of aromatic nitrogens is 2. The van der Waals surface area contributed by atoms with E-state index in [1.807, 2.05) is 0 Å². The summed E-state index contributed by atoms with van der Waals surface area (Å²) in [6, 6.07) is -0.682. The molecule has 0 spiro atoms. The molecule has 6 N–H and O–H groups in total. The van der Waals surface area contributed by atoms with Crippen LogP contribution in [0.1, 0.15) is 182 Å². The molecule has 15 nitrogen and oxygen atoms in total. The van der Waals surface area contributed by atoms with Gasteiger partial charge in [0, 0.05) is 42.9 Å². The fourth-order valence-corrected chi connectivity index (χ4v) is 10.7. The lowest BCUT2D eigenvalue weighted by molar-refractivity contribution is 0.0633. The Morgan fingerprint density at radius 2 is 1.24 bits per heavy atom. The number of ether oxygens (including phenoxy) is 3. The Balaban J connectivity index is 1.46. The third-order valence-corrected chi connectivity index (χ3v) is 13.0. The van der Waals surface area contributed by atoms with Crippen molar-refractivity contribution < 1.29 is 33.4 Å². The first-order chi connectivity index (χ1) is 29.7. The van der Waals surface area contributed by atoms with E-state index in [4.69, 9.17) is 14.2 Å². The first-order valence-electron chi connectivity index (χ1n) is 24.0. The lowest BCUT2D eigenvalue weighted by Gasteiger charge is -2.46. The number of rotatable bonds is 24. The van der Waals surface area contributed by atoms with E-state index in [0.29, 0.717) is 49.7 Å². The molecule has 0 radical (unpaired) electrons. The number of H-pyrrole nitrogens is 1. The molecule has 0 saturated heterocycles. The summed E-state index contributed by atoms with van der Waals surface area (Å²) < 4.78 is 16.1. The highest BCUT2D eigenvalue weighted by Gasteiger charge is 2.43. The van der Waals surface area contributed by atoms with Gasteiger partial charge in [-0.1, -0.05) is 120 Å². The van der Waals surface area contributed by atoms with Crippen molar-refractivity contribution in [2.75, 3.05) is 38.7 Å². The first kappa shape index (κ1) is 53.3. The molecule has 2 saturated carbocycles. The fourth-order valence-electron chi connectivity index (χ4n) is 10.7. The summed E-state index contributed by atoms with van der Waals surface area (Å²) in [5.41, 5.74) is -0.388. The van der Waals surface area contributed by atoms with E-state index < -0.39 is 23.8 Å². The van der Waals surface area contributed by atoms with Crippen molar-refractivity contribution in [1.29, 1.82) is 0 Å². The van der Waals surface area contributed by atoms with Crippen molar-refractivity contribution in [3.8, 4) is 0 Å². The maximum Gasteiger partial charge on any atom is 0.407 e. The molecule has 63 heavy (non-hydrogen) atoms. The average molecular weight is 888 g/mol. The Morgan fingerprint density at radius 3 is 1.79 bits per heavy atom. The molecule has 2 fully saturated rings. The van der Waals surface area contributed by atoms with Crippen LogP contribution in [0, 0.1) is 34.5 Å². The van der Waals surface area contributed by atoms with Gasteiger partial charge in [0.25, 0.3) is 5.56 Å². The SMILES string of the molecule is CCCCCCCCC(CCCCCC)COC(=O)NC1CC(C)(C)CC(C)(CNC(=O)Nc2nc(=O)c(CCOC(=O)NCC3(C)CC(NC(=O)OC)CC(C)(C)C3)c(C)[nH]2)C1. The van der Waals surface area contributed by atoms with Crippen LogP contribution in [0.15, 0.2) is 4.79 Å². The number of carbonyl (C=O) groups excluding carboxylic acids is 4. The van der Waals surface area contributed by atoms with Crippen molar-refractivity contribution in [2.45, 2.75) is 196 Å². The van der Waals surface area contributed by atoms with Crippen LogP contribution in [0.25, 0.3) is 0 Å². The Labute approximate surface area is 378 Å². The third kappa shape index (κ3) is 20.1. The van der Waals surface area contributed by atoms with Gasteiger partial charge in [0.15, 0.2) is 0 Å². The molecule has 3 rings (SSSR count). The van der Waals surface area contributed by atoms with Crippen LogP contribution in [-0.2, 0) is 20.6 Å². The highest BCUT2D eigenvalue weighted by molar-refractivity contribution is 5.87. The van der Waals surface area contributed by atoms with Crippen molar-refractivity contribution >= 4 is 30.3 Å². The molecule has 5 amide bonds. The van der Waals surface area contributed by atoms with Gasteiger partial charge in [-0.25, -0.2) is 19.2 Å². The normalized spacial score (nSPS) is 23.1. The van der Waals surface area contributed by atoms with Gasteiger partial charge in [0.05, 0.1) is 20.3 Å². The van der Waals surface area contributed by atoms with Crippen LogP contribution >= 0.6 is 0 Å². The minimum absolute atomic E-state index is 0.0117. The van der Waals surface area contributed by atoms with E-state index in [1.165, 1.54) is 71.3 Å². The number of aromatic amines is 1. The molecule has 15 heteroatoms. The molecule has 5 atom stereocenters. The van der Waals surface area contributed by atoms with Crippen LogP contribution in [0.5, 0.6) is 0 Å². The van der Waals surface area contributed by atoms with E-state index in [2.05, 4.69) is 91.9 Å². The summed E-state index contributed by atoms with van der Waals surface area (Å²) in [5, 5.41) is 14.6. The Bertz CT molecular complexity index is 1670. The number of hydrogen-bond acceptors (Lipinski definition) is 9. The first-order valence-corrected chi connectivity index (χ1v) is 24.0. The summed E-state index contributed by atoms with van der Waals surface area (Å²) in [6.45, 7) is 20.2. The van der Waals surface area contributed by atoms with Gasteiger partial charge in [-0.15, -0.1) is 0 Å². The molecule has 360 valence electrons. The quantitative estimate of drug-likeness (QED) is 0.0431. The number of aryl methyl sites for hydroxylation is 1. The number of amides is 5. The van der Waals surface area contributed by atoms with Gasteiger partial charge in [0.1, 0.15) is 0 Å². The Hall–Kier alpha value is -4.04. The number of nitrogens with zero attached hydrogens (tertiary/aromatic N) is 1. The number of methoxy groups -OCH3 is 1. The van der Waals surface area contributed by atoms with E-state index in [1.54, 1.807) is 6.92 Å². The number of unbranched alkanes of at least 4 members (excludes halogenated alkanes) is 8. The van der Waals surface area contributed by atoms with Gasteiger partial charge >= 0.3 is 24.3 Å². The van der Waals surface area contributed by atoms with Gasteiger partial charge in [0.2, 0.25) is 5.95 Å². The van der Waals surface area contributed by atoms with Crippen LogP contribution < -0.4 is 32.1 Å². The zero-order valence-corrected chi connectivity index (χ0v) is 40.7. The topological polar surface area (TPSA) is 202 Å². The fraction of sp³-hybridized carbons (Fsp3) is 0.833. The van der Waals surface area contributed by atoms with Crippen molar-refractivity contribution in [1.82, 2.24) is 31.2 Å². The highest BCUT2D eigenvalue weighted by Crippen LogP contribution is 2.47. The number of alkyl carbamates (subject to hydrolysis) is 3. The largest absolute Gasteiger partial charge is 0.453 e. The molecule has 0 aromatic carbocycles. The molecule has 1 heterocycles. The molecule has 1 aromatic heterocycles. The number of anilines is 1. The van der Waals surface area contributed by atoms with E-state index in [9.17, 15) is 24.0 Å². The highest BCUT2D eigenvalue weighted by atomic mass is 16.6. The van der Waals surface area contributed by atoms with Crippen molar-refractivity contribution in [3.05, 3.63) is 21.6 Å². The summed E-state index contributed by atoms with van der Waals surface area (Å²) in [6.07, 6.45) is 17.9. The second kappa shape index (κ2) is 25.4. The molecule has 2 aliphatic carbocycles. The number of urea groups is 1. The Morgan fingerprint density at radius 1 is 0.714 bits per heavy atom. The van der Waals surface area contributed by atoms with E-state index in [0.717, 1.165) is 38.5 Å². The van der Waals surface area contributed by atoms with Crippen LogP contribution in [0.4, 0.5) is 25.1 Å². The number of nitrogens with one attached hydrogen (secondary N) is 6. The Kier molecular flexibility index (Phi) is 21.5. The van der Waals surface area contributed by atoms with Crippen molar-refractivity contribution in [3.63, 3.8) is 0 Å². The van der Waals surface area contributed by atoms with E-state index >= 15 is 0 Å². The molecule has 5 unspecified atom stereocenters. The lowest BCUT2D eigenvalue weighted by Crippen LogP contribution is -2.51. The molecule has 2 aliphatic rings. The van der Waals surface area contributed by atoms with Gasteiger partial charge < -0.3 is 40.5 Å². The summed E-state index contributed by atoms with van der Waals surface area (Å²) >= 11 is 0. The maximum absolute atomic E-state index is 13.2. The molecule has 0 aliphatic heterocycles. The average Bonchev–Trinajstić information content (AvgIpc) is 3.17. The predicted octanol–water partition coefficient (Wildman–Crippen LogP) is 10.1. The summed E-state index contributed by atoms with van der Waals surface area (Å²) in [4.78, 5) is 70.9. The standard InChI is InChI=1S/C48H85N7O8/c1-11-13-15-17-18-20-22-35(21-19-16-14-12-2)29-63-44(60)53-37-26-46(6,7)30-47(8,28-37)32-49-41(57)55-40-51-34(3)38(39(56)54-40)23-24-62-42(58)50-33-48(9)27-36(52-43(59)61-10)25-45(4,5)31-48/h35-37H,11-33H2,1-10H3,(H,50,58)(H,52,59)(H,53,60)(H3,49,51,54,55,56,57). The summed E-state index contributed by atoms with van der Waals surface area (Å²) in [7, 11) is 1.34. The van der Waals surface area contributed by atoms with Gasteiger partial charge in [-0.2, -0.15) is 4.98 Å². The predicted molar refractivity (Wildman–Crippen MR) is 249 cm³/mol. The zero-order chi connectivity index (χ0) is 46.7. The molecule has 0 bridgehead atoms. The lowest BCUT2D eigenvalue weighted by atomic mass is 9.62. The van der Waals surface area contributed by atoms with E-state index in [-0.39, 0.29) is 58.8 Å². The number of carbonyl (C=O) groups is 4. The molecular weight excluding hydrogens is 803 g/mol. The summed E-state index contributed by atoms with van der Waals surface area (Å²) in [5.74, 6) is 0.396. The van der Waals surface area contributed by atoms with Crippen LogP contribution in [0.2, 0.25) is 0 Å². The molecular formula is C48H85N7O8. The maximum atomic E-state index is 13.2. The number of hydrogen-bond donors (Lipinski definition) is 6. The second-order valence-corrected chi connectivity index (χ2v) is 21.2. The van der Waals surface area contributed by atoms with Crippen LogP contribution in [-0.4, -0.2) is 79.8 Å².